The summed E-state index contributed by atoms with van der Waals surface area (Å²) in [6.07, 6.45) is 0. The minimum atomic E-state index is -0.924. The van der Waals surface area contributed by atoms with Crippen molar-refractivity contribution in [1.29, 1.82) is 0 Å². The molecule has 0 unspecified atom stereocenters. The predicted octanol–water partition coefficient (Wildman–Crippen LogP) is -0.582. The van der Waals surface area contributed by atoms with Crippen LogP contribution in [0.5, 0.6) is 11.8 Å². The van der Waals surface area contributed by atoms with E-state index in [-0.39, 0.29) is 0 Å². The summed E-state index contributed by atoms with van der Waals surface area (Å²) in [7, 11) is 0. The Morgan fingerprint density at radius 2 is 1.87 bits per heavy atom. The first-order chi connectivity index (χ1) is 7.00. The van der Waals surface area contributed by atoms with Crippen LogP contribution in [0.2, 0.25) is 0 Å². The molecule has 1 heterocycles. The summed E-state index contributed by atoms with van der Waals surface area (Å²) >= 11 is 0. The van der Waals surface area contributed by atoms with Crippen molar-refractivity contribution < 1.29 is 29.4 Å². The van der Waals surface area contributed by atoms with E-state index in [0.29, 0.717) is 4.73 Å². The summed E-state index contributed by atoms with van der Waals surface area (Å²) in [6.45, 7) is 0.546. The van der Waals surface area contributed by atoms with Crippen molar-refractivity contribution in [2.24, 2.45) is 0 Å². The third-order valence-corrected chi connectivity index (χ3v) is 1.38. The zero-order chi connectivity index (χ0) is 11.4. The highest BCUT2D eigenvalue weighted by atomic mass is 16.7. The van der Waals surface area contributed by atoms with Gasteiger partial charge in [0.15, 0.2) is 6.61 Å². The Balaban J connectivity index is 2.55. The first-order valence-corrected chi connectivity index (χ1v) is 3.95. The molecule has 82 valence electrons. The molecule has 0 bridgehead atoms. The number of aromatic nitrogens is 1. The number of nitrogens with zero attached hydrogens (tertiary/aromatic N) is 1. The van der Waals surface area contributed by atoms with Crippen molar-refractivity contribution in [3.05, 3.63) is 12.1 Å². The molecule has 0 aliphatic carbocycles. The summed E-state index contributed by atoms with van der Waals surface area (Å²) < 4.78 is 4.85. The van der Waals surface area contributed by atoms with E-state index in [4.69, 9.17) is 10.2 Å². The lowest BCUT2D eigenvalue weighted by Gasteiger charge is -2.06. The molecule has 7 nitrogen and oxygen atoms in total. The highest BCUT2D eigenvalue weighted by molar-refractivity contribution is 5.75. The van der Waals surface area contributed by atoms with Crippen LogP contribution >= 0.6 is 0 Å². The predicted molar refractivity (Wildman–Crippen MR) is 46.0 cm³/mol. The smallest absolute Gasteiger partial charge is 0.370 e. The highest BCUT2D eigenvalue weighted by Gasteiger charge is 2.12. The van der Waals surface area contributed by atoms with Gasteiger partial charge in [0, 0.05) is 19.1 Å². The van der Waals surface area contributed by atoms with Gasteiger partial charge in [0.2, 0.25) is 11.8 Å². The molecule has 7 heteroatoms. The van der Waals surface area contributed by atoms with Gasteiger partial charge in [0.1, 0.15) is 0 Å². The monoisotopic (exact) mass is 215 g/mol. The average molecular weight is 215 g/mol. The lowest BCUT2D eigenvalue weighted by atomic mass is 10.6. The third kappa shape index (κ3) is 2.90. The topological polar surface area (TPSA) is 98.0 Å². The van der Waals surface area contributed by atoms with Crippen LogP contribution in [0.15, 0.2) is 12.1 Å². The normalized spacial score (nSPS) is 9.67. The summed E-state index contributed by atoms with van der Waals surface area (Å²) in [5, 5.41) is 18.2. The van der Waals surface area contributed by atoms with Gasteiger partial charge < -0.3 is 19.8 Å². The summed E-state index contributed by atoms with van der Waals surface area (Å²) in [6, 6.07) is 2.27. The Morgan fingerprint density at radius 1 is 1.33 bits per heavy atom. The molecule has 0 amide bonds. The second-order valence-corrected chi connectivity index (χ2v) is 2.59. The molecule has 0 radical (unpaired) electrons. The standard InChI is InChI=1S/C8H9NO6/c1-5(10)14-4-8(13)15-9-6(11)2-3-7(9)12/h2-3,11-12H,4H2,1H3. The summed E-state index contributed by atoms with van der Waals surface area (Å²) in [5.41, 5.74) is 0. The van der Waals surface area contributed by atoms with Crippen LogP contribution in [-0.2, 0) is 14.3 Å². The number of ether oxygens (including phenoxy) is 1. The Bertz CT molecular complexity index is 363. The SMILES string of the molecule is CC(=O)OCC(=O)On1c(O)ccc1O. The van der Waals surface area contributed by atoms with Crippen molar-refractivity contribution in [2.75, 3.05) is 6.61 Å². The number of carbonyl (C=O) groups is 2. The van der Waals surface area contributed by atoms with Gasteiger partial charge in [-0.15, -0.1) is 4.73 Å². The number of hydrogen-bond donors (Lipinski definition) is 2. The lowest BCUT2D eigenvalue weighted by Crippen LogP contribution is -2.24. The van der Waals surface area contributed by atoms with E-state index in [1.807, 2.05) is 0 Å². The van der Waals surface area contributed by atoms with Crippen molar-refractivity contribution >= 4 is 11.9 Å². The number of rotatable bonds is 3. The van der Waals surface area contributed by atoms with Crippen LogP contribution in [0.4, 0.5) is 0 Å². The van der Waals surface area contributed by atoms with Gasteiger partial charge in [0.25, 0.3) is 0 Å². The number of hydrogen-bond acceptors (Lipinski definition) is 6. The Hall–Kier alpha value is -2.18. The van der Waals surface area contributed by atoms with E-state index >= 15 is 0 Å². The largest absolute Gasteiger partial charge is 0.492 e. The van der Waals surface area contributed by atoms with Crippen LogP contribution in [-0.4, -0.2) is 33.5 Å². The summed E-state index contributed by atoms with van der Waals surface area (Å²) in [5.74, 6) is -2.44. The molecule has 0 saturated heterocycles. The van der Waals surface area contributed by atoms with Crippen molar-refractivity contribution in [1.82, 2.24) is 4.73 Å². The molecule has 0 aromatic carbocycles. The third-order valence-electron chi connectivity index (χ3n) is 1.38. The van der Waals surface area contributed by atoms with Gasteiger partial charge in [-0.3, -0.25) is 4.79 Å². The molecule has 0 atom stereocenters. The molecule has 2 N–H and O–H groups in total. The maximum atomic E-state index is 11.0. The zero-order valence-electron chi connectivity index (χ0n) is 7.84. The molecular formula is C8H9NO6. The Kier molecular flexibility index (Phi) is 3.17. The lowest BCUT2D eigenvalue weighted by molar-refractivity contribution is -0.158. The average Bonchev–Trinajstić information content (AvgIpc) is 2.46. The van der Waals surface area contributed by atoms with Gasteiger partial charge in [-0.25, -0.2) is 4.79 Å². The van der Waals surface area contributed by atoms with Crippen LogP contribution in [0, 0.1) is 0 Å². The molecule has 1 aromatic heterocycles. The number of carbonyl (C=O) groups excluding carboxylic acids is 2. The quantitative estimate of drug-likeness (QED) is 0.654. The molecule has 1 rings (SSSR count). The minimum absolute atomic E-state index is 0.441. The van der Waals surface area contributed by atoms with Crippen LogP contribution in [0.25, 0.3) is 0 Å². The van der Waals surface area contributed by atoms with Crippen molar-refractivity contribution in [3.8, 4) is 11.8 Å². The fourth-order valence-corrected chi connectivity index (χ4v) is 0.784. The maximum absolute atomic E-state index is 11.0. The van der Waals surface area contributed by atoms with Crippen LogP contribution < -0.4 is 4.84 Å². The molecule has 15 heavy (non-hydrogen) atoms. The fraction of sp³-hybridized carbons (Fsp3) is 0.250. The second-order valence-electron chi connectivity index (χ2n) is 2.59. The van der Waals surface area contributed by atoms with Gasteiger partial charge in [-0.1, -0.05) is 0 Å². The molecule has 0 aliphatic rings. The maximum Gasteiger partial charge on any atom is 0.370 e. The van der Waals surface area contributed by atoms with E-state index in [9.17, 15) is 9.59 Å². The molecule has 1 aromatic rings. The molecule has 0 spiro atoms. The molecular weight excluding hydrogens is 206 g/mol. The van der Waals surface area contributed by atoms with E-state index in [0.717, 1.165) is 19.1 Å². The molecule has 0 saturated carbocycles. The van der Waals surface area contributed by atoms with E-state index < -0.39 is 30.3 Å². The van der Waals surface area contributed by atoms with Gasteiger partial charge in [0.05, 0.1) is 0 Å². The fourth-order valence-electron chi connectivity index (χ4n) is 0.784. The van der Waals surface area contributed by atoms with Crippen LogP contribution in [0.1, 0.15) is 6.92 Å². The first kappa shape index (κ1) is 10.9. The Labute approximate surface area is 84.4 Å². The minimum Gasteiger partial charge on any atom is -0.492 e. The molecule has 0 aliphatic heterocycles. The zero-order valence-corrected chi connectivity index (χ0v) is 7.84. The van der Waals surface area contributed by atoms with Gasteiger partial charge in [-0.2, -0.15) is 0 Å². The van der Waals surface area contributed by atoms with E-state index in [1.165, 1.54) is 0 Å². The van der Waals surface area contributed by atoms with Gasteiger partial charge >= 0.3 is 11.9 Å². The van der Waals surface area contributed by atoms with Crippen LogP contribution in [0.3, 0.4) is 0 Å². The Morgan fingerprint density at radius 3 is 2.33 bits per heavy atom. The number of aromatic hydroxyl groups is 2. The van der Waals surface area contributed by atoms with Crippen molar-refractivity contribution in [3.63, 3.8) is 0 Å². The first-order valence-electron chi connectivity index (χ1n) is 3.95. The summed E-state index contributed by atoms with van der Waals surface area (Å²) in [4.78, 5) is 25.8. The van der Waals surface area contributed by atoms with E-state index in [1.54, 1.807) is 0 Å². The van der Waals surface area contributed by atoms with Crippen molar-refractivity contribution in [2.45, 2.75) is 6.92 Å². The second kappa shape index (κ2) is 4.36. The highest BCUT2D eigenvalue weighted by Crippen LogP contribution is 2.18. The number of esters is 1. The van der Waals surface area contributed by atoms with Gasteiger partial charge in [-0.05, 0) is 0 Å². The molecule has 0 fully saturated rings. The van der Waals surface area contributed by atoms with E-state index in [2.05, 4.69) is 9.57 Å².